The number of anilines is 1. The predicted octanol–water partition coefficient (Wildman–Crippen LogP) is 4.24. The Morgan fingerprint density at radius 2 is 1.66 bits per heavy atom. The fraction of sp³-hybridized carbons (Fsp3) is 0.259. The number of benzene rings is 3. The summed E-state index contributed by atoms with van der Waals surface area (Å²) in [5.74, 6) is -1.20. The molecule has 1 atom stereocenters. The molecule has 3 rings (SSSR count). The van der Waals surface area contributed by atoms with Crippen LogP contribution < -0.4 is 14.4 Å². The Labute approximate surface area is 227 Å². The van der Waals surface area contributed by atoms with Crippen LogP contribution in [0.3, 0.4) is 0 Å². The number of likely N-dealkylation sites (N-methyl/N-ethyl adjacent to an activating group) is 1. The van der Waals surface area contributed by atoms with Crippen LogP contribution in [0.1, 0.15) is 19.4 Å². The van der Waals surface area contributed by atoms with E-state index >= 15 is 0 Å². The first-order chi connectivity index (χ1) is 18.1. The van der Waals surface area contributed by atoms with Gasteiger partial charge in [0.05, 0.1) is 17.2 Å². The Morgan fingerprint density at radius 1 is 1.03 bits per heavy atom. The summed E-state index contributed by atoms with van der Waals surface area (Å²) in [6, 6.07) is 16.7. The van der Waals surface area contributed by atoms with Gasteiger partial charge in [-0.25, -0.2) is 12.8 Å². The first-order valence-electron chi connectivity index (χ1n) is 11.8. The molecule has 0 aromatic heterocycles. The van der Waals surface area contributed by atoms with Crippen LogP contribution in [-0.4, -0.2) is 51.4 Å². The molecular weight excluding hydrogens is 533 g/mol. The van der Waals surface area contributed by atoms with Gasteiger partial charge in [0.1, 0.15) is 24.2 Å². The van der Waals surface area contributed by atoms with Crippen molar-refractivity contribution in [2.45, 2.75) is 31.3 Å². The van der Waals surface area contributed by atoms with Crippen LogP contribution in [0.25, 0.3) is 0 Å². The molecule has 1 N–H and O–H groups in total. The minimum absolute atomic E-state index is 0.0800. The van der Waals surface area contributed by atoms with Gasteiger partial charge in [0, 0.05) is 24.2 Å². The molecule has 0 saturated carbocycles. The van der Waals surface area contributed by atoms with E-state index in [-0.39, 0.29) is 22.7 Å². The lowest BCUT2D eigenvalue weighted by molar-refractivity contribution is -0.139. The van der Waals surface area contributed by atoms with Crippen LogP contribution in [0.15, 0.2) is 77.7 Å². The monoisotopic (exact) mass is 561 g/mol. The molecule has 0 bridgehead atoms. The summed E-state index contributed by atoms with van der Waals surface area (Å²) in [6.07, 6.45) is 0. The van der Waals surface area contributed by atoms with E-state index in [4.69, 9.17) is 16.3 Å². The van der Waals surface area contributed by atoms with Crippen LogP contribution in [0.2, 0.25) is 5.02 Å². The van der Waals surface area contributed by atoms with Crippen molar-refractivity contribution in [2.24, 2.45) is 0 Å². The molecule has 202 valence electrons. The summed E-state index contributed by atoms with van der Waals surface area (Å²) in [5, 5.41) is 2.83. The molecule has 0 spiro atoms. The van der Waals surface area contributed by atoms with Gasteiger partial charge in [-0.1, -0.05) is 29.8 Å². The first-order valence-corrected chi connectivity index (χ1v) is 13.7. The molecule has 0 aliphatic heterocycles. The molecule has 0 unspecified atom stereocenters. The Balaban J connectivity index is 2.04. The Hall–Kier alpha value is -3.63. The third-order valence-corrected chi connectivity index (χ3v) is 7.87. The second-order valence-corrected chi connectivity index (χ2v) is 10.6. The lowest BCUT2D eigenvalue weighted by Crippen LogP contribution is -2.50. The van der Waals surface area contributed by atoms with Gasteiger partial charge in [-0.3, -0.25) is 13.9 Å². The van der Waals surface area contributed by atoms with Crippen LogP contribution in [0, 0.1) is 5.82 Å². The predicted molar refractivity (Wildman–Crippen MR) is 144 cm³/mol. The number of ether oxygens (including phenoxy) is 1. The van der Waals surface area contributed by atoms with Gasteiger partial charge in [-0.15, -0.1) is 0 Å². The van der Waals surface area contributed by atoms with E-state index in [1.165, 1.54) is 68.6 Å². The van der Waals surface area contributed by atoms with E-state index < -0.39 is 40.2 Å². The number of hydrogen-bond donors (Lipinski definition) is 1. The number of hydrogen-bond acceptors (Lipinski definition) is 5. The van der Waals surface area contributed by atoms with E-state index in [1.54, 1.807) is 18.2 Å². The summed E-state index contributed by atoms with van der Waals surface area (Å²) >= 11 is 5.95. The molecule has 0 aliphatic rings. The standard InChI is InChI=1S/C27H29ClFN3O5S/c1-4-37-23-13-11-22(12-14-23)32(38(35,36)24-15-9-21(28)10-16-24)18-26(33)31(19(2)27(34)30-3)17-20-7-5-6-8-25(20)29/h5-16,19H,4,17-18H2,1-3H3,(H,30,34)/t19-/m0/s1. The maximum absolute atomic E-state index is 14.5. The maximum atomic E-state index is 14.5. The molecule has 0 saturated heterocycles. The number of sulfonamides is 1. The summed E-state index contributed by atoms with van der Waals surface area (Å²) in [7, 11) is -2.83. The second-order valence-electron chi connectivity index (χ2n) is 8.30. The molecule has 3 aromatic carbocycles. The summed E-state index contributed by atoms with van der Waals surface area (Å²) in [5.41, 5.74) is 0.389. The number of nitrogens with zero attached hydrogens (tertiary/aromatic N) is 2. The Morgan fingerprint density at radius 3 is 2.24 bits per heavy atom. The fourth-order valence-electron chi connectivity index (χ4n) is 3.74. The largest absolute Gasteiger partial charge is 0.494 e. The van der Waals surface area contributed by atoms with Crippen LogP contribution >= 0.6 is 11.6 Å². The topological polar surface area (TPSA) is 96.0 Å². The van der Waals surface area contributed by atoms with E-state index in [1.807, 2.05) is 6.92 Å². The van der Waals surface area contributed by atoms with Crippen molar-refractivity contribution in [3.05, 3.63) is 89.2 Å². The molecule has 38 heavy (non-hydrogen) atoms. The molecular formula is C27H29ClFN3O5S. The van der Waals surface area contributed by atoms with Gasteiger partial charge < -0.3 is 15.0 Å². The van der Waals surface area contributed by atoms with Crippen molar-refractivity contribution >= 4 is 39.1 Å². The quantitative estimate of drug-likeness (QED) is 0.378. The average molecular weight is 562 g/mol. The lowest BCUT2D eigenvalue weighted by atomic mass is 10.1. The zero-order valence-electron chi connectivity index (χ0n) is 21.2. The van der Waals surface area contributed by atoms with Crippen molar-refractivity contribution < 1.29 is 27.1 Å². The molecule has 0 radical (unpaired) electrons. The average Bonchev–Trinajstić information content (AvgIpc) is 2.91. The highest BCUT2D eigenvalue weighted by molar-refractivity contribution is 7.92. The van der Waals surface area contributed by atoms with E-state index in [2.05, 4.69) is 5.32 Å². The second kappa shape index (κ2) is 12.7. The first kappa shape index (κ1) is 28.9. The number of amides is 2. The number of carbonyl (C=O) groups is 2. The summed E-state index contributed by atoms with van der Waals surface area (Å²) in [6.45, 7) is 2.86. The van der Waals surface area contributed by atoms with Gasteiger partial charge in [-0.05, 0) is 68.4 Å². The molecule has 0 heterocycles. The summed E-state index contributed by atoms with van der Waals surface area (Å²) < 4.78 is 48.3. The molecule has 0 aliphatic carbocycles. The van der Waals surface area contributed by atoms with E-state index in [0.717, 1.165) is 9.21 Å². The van der Waals surface area contributed by atoms with Crippen LogP contribution in [0.4, 0.5) is 10.1 Å². The zero-order chi connectivity index (χ0) is 27.9. The van der Waals surface area contributed by atoms with Gasteiger partial charge >= 0.3 is 0 Å². The molecule has 0 fully saturated rings. The highest BCUT2D eigenvalue weighted by Crippen LogP contribution is 2.27. The number of nitrogens with one attached hydrogen (secondary N) is 1. The van der Waals surface area contributed by atoms with Crippen molar-refractivity contribution in [3.8, 4) is 5.75 Å². The van der Waals surface area contributed by atoms with Crippen molar-refractivity contribution in [3.63, 3.8) is 0 Å². The highest BCUT2D eigenvalue weighted by atomic mass is 35.5. The number of halogens is 2. The van der Waals surface area contributed by atoms with Gasteiger partial charge in [0.25, 0.3) is 10.0 Å². The number of carbonyl (C=O) groups excluding carboxylic acids is 2. The SMILES string of the molecule is CCOc1ccc(N(CC(=O)N(Cc2ccccc2F)[C@@H](C)C(=O)NC)S(=O)(=O)c2ccc(Cl)cc2)cc1. The van der Waals surface area contributed by atoms with E-state index in [0.29, 0.717) is 17.4 Å². The van der Waals surface area contributed by atoms with Gasteiger partial charge in [-0.2, -0.15) is 0 Å². The smallest absolute Gasteiger partial charge is 0.264 e. The van der Waals surface area contributed by atoms with Crippen LogP contribution in [-0.2, 0) is 26.2 Å². The molecule has 2 amide bonds. The lowest BCUT2D eigenvalue weighted by Gasteiger charge is -2.31. The fourth-order valence-corrected chi connectivity index (χ4v) is 5.28. The Kier molecular flexibility index (Phi) is 9.71. The van der Waals surface area contributed by atoms with Crippen molar-refractivity contribution in [1.82, 2.24) is 10.2 Å². The minimum Gasteiger partial charge on any atom is -0.494 e. The minimum atomic E-state index is -4.25. The number of rotatable bonds is 11. The van der Waals surface area contributed by atoms with E-state index in [9.17, 15) is 22.4 Å². The highest BCUT2D eigenvalue weighted by Gasteiger charge is 2.32. The van der Waals surface area contributed by atoms with Crippen molar-refractivity contribution in [1.29, 1.82) is 0 Å². The molecule has 3 aromatic rings. The molecule has 11 heteroatoms. The van der Waals surface area contributed by atoms with Gasteiger partial charge in [0.2, 0.25) is 11.8 Å². The normalized spacial score (nSPS) is 11.9. The zero-order valence-corrected chi connectivity index (χ0v) is 22.8. The maximum Gasteiger partial charge on any atom is 0.264 e. The summed E-state index contributed by atoms with van der Waals surface area (Å²) in [4.78, 5) is 27.2. The Bertz CT molecular complexity index is 1370. The van der Waals surface area contributed by atoms with Gasteiger partial charge in [0.15, 0.2) is 0 Å². The van der Waals surface area contributed by atoms with Crippen molar-refractivity contribution in [2.75, 3.05) is 24.5 Å². The van der Waals surface area contributed by atoms with Crippen LogP contribution in [0.5, 0.6) is 5.75 Å². The third kappa shape index (κ3) is 6.81. The molecule has 8 nitrogen and oxygen atoms in total. The third-order valence-electron chi connectivity index (χ3n) is 5.83.